The topological polar surface area (TPSA) is 50.4 Å². The first kappa shape index (κ1) is 16.5. The molecular formula is C16H26N2O2. The van der Waals surface area contributed by atoms with E-state index in [1.54, 1.807) is 6.92 Å². The zero-order valence-corrected chi connectivity index (χ0v) is 12.9. The van der Waals surface area contributed by atoms with Crippen LogP contribution in [0.4, 0.5) is 0 Å². The van der Waals surface area contributed by atoms with Gasteiger partial charge in [-0.3, -0.25) is 4.79 Å². The van der Waals surface area contributed by atoms with E-state index in [1.807, 2.05) is 31.3 Å². The van der Waals surface area contributed by atoms with Gasteiger partial charge >= 0.3 is 0 Å². The lowest BCUT2D eigenvalue weighted by atomic mass is 10.1. The fourth-order valence-electron chi connectivity index (χ4n) is 1.81. The number of hydrogen-bond acceptors (Lipinski definition) is 3. The first-order chi connectivity index (χ1) is 9.58. The van der Waals surface area contributed by atoms with Gasteiger partial charge in [0.25, 0.3) is 5.91 Å². The highest BCUT2D eigenvalue weighted by molar-refractivity contribution is 5.80. The monoisotopic (exact) mass is 278 g/mol. The number of carbonyl (C=O) groups excluding carboxylic acids is 1. The first-order valence-electron chi connectivity index (χ1n) is 7.30. The van der Waals surface area contributed by atoms with E-state index in [2.05, 4.69) is 24.5 Å². The molecule has 0 aliphatic carbocycles. The van der Waals surface area contributed by atoms with Crippen molar-refractivity contribution < 1.29 is 9.53 Å². The van der Waals surface area contributed by atoms with Crippen LogP contribution in [0.2, 0.25) is 0 Å². The molecule has 0 bridgehead atoms. The molecule has 2 N–H and O–H groups in total. The number of amides is 1. The predicted molar refractivity (Wildman–Crippen MR) is 81.9 cm³/mol. The largest absolute Gasteiger partial charge is 0.481 e. The van der Waals surface area contributed by atoms with Crippen LogP contribution in [0.3, 0.4) is 0 Å². The van der Waals surface area contributed by atoms with Gasteiger partial charge in [-0.25, -0.2) is 0 Å². The minimum atomic E-state index is -0.480. The second-order valence-corrected chi connectivity index (χ2v) is 4.99. The smallest absolute Gasteiger partial charge is 0.260 e. The molecule has 1 amide bonds. The van der Waals surface area contributed by atoms with Crippen molar-refractivity contribution in [1.82, 2.24) is 10.6 Å². The fraction of sp³-hybridized carbons (Fsp3) is 0.562. The Bertz CT molecular complexity index is 421. The second-order valence-electron chi connectivity index (χ2n) is 4.99. The molecule has 1 rings (SSSR count). The van der Waals surface area contributed by atoms with E-state index in [1.165, 1.54) is 0 Å². The Kier molecular flexibility index (Phi) is 7.09. The summed E-state index contributed by atoms with van der Waals surface area (Å²) >= 11 is 0. The molecule has 1 aromatic rings. The molecule has 4 nitrogen and oxygen atoms in total. The van der Waals surface area contributed by atoms with E-state index in [-0.39, 0.29) is 11.9 Å². The molecule has 1 aromatic carbocycles. The summed E-state index contributed by atoms with van der Waals surface area (Å²) in [4.78, 5) is 11.8. The Hall–Kier alpha value is -1.55. The molecule has 0 aliphatic rings. The lowest BCUT2D eigenvalue weighted by Gasteiger charge is -2.16. The lowest BCUT2D eigenvalue weighted by molar-refractivity contribution is -0.127. The number of benzene rings is 1. The fourth-order valence-corrected chi connectivity index (χ4v) is 1.81. The summed E-state index contributed by atoms with van der Waals surface area (Å²) in [7, 11) is 1.92. The van der Waals surface area contributed by atoms with E-state index in [0.717, 1.165) is 24.2 Å². The molecule has 4 heteroatoms. The van der Waals surface area contributed by atoms with E-state index >= 15 is 0 Å². The van der Waals surface area contributed by atoms with Crippen LogP contribution in [0, 0.1) is 0 Å². The molecule has 0 spiro atoms. The van der Waals surface area contributed by atoms with Gasteiger partial charge in [-0.15, -0.1) is 0 Å². The normalized spacial score (nSPS) is 13.6. The maximum absolute atomic E-state index is 11.8. The summed E-state index contributed by atoms with van der Waals surface area (Å²) < 4.78 is 5.70. The third kappa shape index (κ3) is 5.21. The molecule has 0 saturated carbocycles. The molecule has 112 valence electrons. The number of rotatable bonds is 8. The van der Waals surface area contributed by atoms with Crippen LogP contribution < -0.4 is 15.4 Å². The summed E-state index contributed by atoms with van der Waals surface area (Å²) in [6.45, 7) is 6.66. The van der Waals surface area contributed by atoms with E-state index in [4.69, 9.17) is 4.74 Å². The van der Waals surface area contributed by atoms with Crippen molar-refractivity contribution in [2.75, 3.05) is 13.6 Å². The molecule has 0 heterocycles. The Morgan fingerprint density at radius 1 is 1.35 bits per heavy atom. The van der Waals surface area contributed by atoms with Crippen LogP contribution in [-0.4, -0.2) is 25.6 Å². The van der Waals surface area contributed by atoms with Gasteiger partial charge < -0.3 is 15.4 Å². The summed E-state index contributed by atoms with van der Waals surface area (Å²) in [5, 5.41) is 6.06. The van der Waals surface area contributed by atoms with Gasteiger partial charge in [0.1, 0.15) is 5.75 Å². The van der Waals surface area contributed by atoms with Crippen LogP contribution in [0.5, 0.6) is 5.75 Å². The molecule has 0 aromatic heterocycles. The van der Waals surface area contributed by atoms with Crippen LogP contribution in [-0.2, 0) is 4.79 Å². The van der Waals surface area contributed by atoms with E-state index in [9.17, 15) is 4.79 Å². The molecule has 0 saturated heterocycles. The van der Waals surface area contributed by atoms with Crippen molar-refractivity contribution in [2.45, 2.75) is 45.8 Å². The minimum absolute atomic E-state index is 0.0643. The van der Waals surface area contributed by atoms with Gasteiger partial charge in [-0.2, -0.15) is 0 Å². The lowest BCUT2D eigenvalue weighted by Crippen LogP contribution is -2.36. The maximum Gasteiger partial charge on any atom is 0.260 e. The summed E-state index contributed by atoms with van der Waals surface area (Å²) in [6, 6.07) is 8.09. The Morgan fingerprint density at radius 3 is 2.75 bits per heavy atom. The molecule has 0 radical (unpaired) electrons. The Morgan fingerprint density at radius 2 is 2.10 bits per heavy atom. The van der Waals surface area contributed by atoms with Crippen molar-refractivity contribution >= 4 is 5.91 Å². The molecule has 0 fully saturated rings. The van der Waals surface area contributed by atoms with Crippen LogP contribution >= 0.6 is 0 Å². The van der Waals surface area contributed by atoms with Gasteiger partial charge in [-0.1, -0.05) is 25.5 Å². The van der Waals surface area contributed by atoms with Crippen molar-refractivity contribution in [3.05, 3.63) is 29.8 Å². The standard InChI is InChI=1S/C16H26N2O2/c1-5-6-10-18-16(19)13(3)20-15-9-7-8-14(11-15)12(2)17-4/h7-9,11-13,17H,5-6,10H2,1-4H3,(H,18,19). The third-order valence-corrected chi connectivity index (χ3v) is 3.30. The first-order valence-corrected chi connectivity index (χ1v) is 7.30. The van der Waals surface area contributed by atoms with Crippen molar-refractivity contribution in [3.63, 3.8) is 0 Å². The second kappa shape index (κ2) is 8.59. The summed E-state index contributed by atoms with van der Waals surface area (Å²) in [6.07, 6.45) is 1.58. The van der Waals surface area contributed by atoms with Crippen LogP contribution in [0.25, 0.3) is 0 Å². The van der Waals surface area contributed by atoms with Gasteiger partial charge in [0.05, 0.1) is 0 Å². The summed E-state index contributed by atoms with van der Waals surface area (Å²) in [5.41, 5.74) is 1.14. The SMILES string of the molecule is CCCCNC(=O)C(C)Oc1cccc(C(C)NC)c1. The zero-order chi connectivity index (χ0) is 15.0. The van der Waals surface area contributed by atoms with Crippen LogP contribution in [0.15, 0.2) is 24.3 Å². The van der Waals surface area contributed by atoms with Crippen molar-refractivity contribution in [2.24, 2.45) is 0 Å². The number of hydrogen-bond donors (Lipinski definition) is 2. The van der Waals surface area contributed by atoms with Gasteiger partial charge in [0.15, 0.2) is 6.10 Å². The minimum Gasteiger partial charge on any atom is -0.481 e. The molecule has 2 unspecified atom stereocenters. The molecule has 20 heavy (non-hydrogen) atoms. The molecule has 2 atom stereocenters. The predicted octanol–water partition coefficient (Wildman–Crippen LogP) is 2.65. The highest BCUT2D eigenvalue weighted by atomic mass is 16.5. The zero-order valence-electron chi connectivity index (χ0n) is 12.9. The number of carbonyl (C=O) groups is 1. The quantitative estimate of drug-likeness (QED) is 0.719. The van der Waals surface area contributed by atoms with Gasteiger partial charge in [0, 0.05) is 12.6 Å². The van der Waals surface area contributed by atoms with Gasteiger partial charge in [-0.05, 0) is 45.0 Å². The highest BCUT2D eigenvalue weighted by Gasteiger charge is 2.14. The van der Waals surface area contributed by atoms with Crippen molar-refractivity contribution in [3.8, 4) is 5.75 Å². The third-order valence-electron chi connectivity index (χ3n) is 3.30. The number of unbranched alkanes of at least 4 members (excludes halogenated alkanes) is 1. The van der Waals surface area contributed by atoms with Gasteiger partial charge in [0.2, 0.25) is 0 Å². The maximum atomic E-state index is 11.8. The van der Waals surface area contributed by atoms with Crippen LogP contribution in [0.1, 0.15) is 45.2 Å². The van der Waals surface area contributed by atoms with Crippen molar-refractivity contribution in [1.29, 1.82) is 0 Å². The average molecular weight is 278 g/mol. The Labute approximate surface area is 121 Å². The summed E-state index contributed by atoms with van der Waals surface area (Å²) in [5.74, 6) is 0.660. The molecule has 0 aliphatic heterocycles. The number of nitrogens with one attached hydrogen (secondary N) is 2. The highest BCUT2D eigenvalue weighted by Crippen LogP contribution is 2.19. The van der Waals surface area contributed by atoms with E-state index < -0.39 is 6.10 Å². The average Bonchev–Trinajstić information content (AvgIpc) is 2.46. The number of ether oxygens (including phenoxy) is 1. The molecular weight excluding hydrogens is 252 g/mol. The Balaban J connectivity index is 2.57. The van der Waals surface area contributed by atoms with E-state index in [0.29, 0.717) is 6.54 Å².